The van der Waals surface area contributed by atoms with E-state index in [1.165, 1.54) is 77.0 Å². The van der Waals surface area contributed by atoms with Crippen molar-refractivity contribution in [2.45, 2.75) is 232 Å². The van der Waals surface area contributed by atoms with E-state index >= 15 is 0 Å². The lowest BCUT2D eigenvalue weighted by molar-refractivity contribution is -0.167. The Morgan fingerprint density at radius 3 is 1.14 bits per heavy atom. The summed E-state index contributed by atoms with van der Waals surface area (Å²) in [4.78, 5) is 38.0. The number of hydrogen-bond acceptors (Lipinski definition) is 6. The molecule has 0 saturated carbocycles. The van der Waals surface area contributed by atoms with Gasteiger partial charge in [-0.1, -0.05) is 207 Å². The van der Waals surface area contributed by atoms with Gasteiger partial charge in [-0.2, -0.15) is 0 Å². The predicted molar refractivity (Wildman–Crippen MR) is 279 cm³/mol. The molecule has 0 amide bonds. The van der Waals surface area contributed by atoms with E-state index in [9.17, 15) is 14.4 Å². The second-order valence-electron chi connectivity index (χ2n) is 17.1. The molecule has 6 heteroatoms. The minimum absolute atomic E-state index is 0.113. The van der Waals surface area contributed by atoms with Gasteiger partial charge in [-0.3, -0.25) is 14.4 Å². The van der Waals surface area contributed by atoms with Crippen molar-refractivity contribution < 1.29 is 28.6 Å². The van der Waals surface area contributed by atoms with Gasteiger partial charge in [0.15, 0.2) is 6.10 Å². The standard InChI is InChI=1S/C59H96O6/c1-4-7-10-13-16-19-22-24-26-28-29-31-32-34-37-40-43-46-49-52-58(61)64-55-56(54-63-57(60)51-48-45-42-39-36-21-18-15-12-9-6-3)65-59(62)53-50-47-44-41-38-35-33-30-27-25-23-20-17-14-11-8-5-2/h7,10,15-21,24-27,33,35-36,41,44,56H,4-6,8-9,11-14,22-23,28-32,34,37-40,42-43,45-55H2,1-3H3/b10-7-,18-15-,19-16-,20-17-,26-24-,27-25-,35-33-,36-21-,44-41-. The number of rotatable bonds is 46. The average molecular weight is 901 g/mol. The largest absolute Gasteiger partial charge is 0.462 e. The van der Waals surface area contributed by atoms with Crippen LogP contribution in [-0.2, 0) is 28.6 Å². The molecule has 0 saturated heterocycles. The van der Waals surface area contributed by atoms with Crippen LogP contribution in [0.15, 0.2) is 109 Å². The molecule has 0 N–H and O–H groups in total. The van der Waals surface area contributed by atoms with Gasteiger partial charge in [-0.25, -0.2) is 0 Å². The van der Waals surface area contributed by atoms with Crippen molar-refractivity contribution in [2.24, 2.45) is 0 Å². The van der Waals surface area contributed by atoms with Crippen molar-refractivity contribution in [3.8, 4) is 0 Å². The topological polar surface area (TPSA) is 78.9 Å². The van der Waals surface area contributed by atoms with Crippen molar-refractivity contribution in [1.29, 1.82) is 0 Å². The van der Waals surface area contributed by atoms with Gasteiger partial charge in [0.1, 0.15) is 13.2 Å². The van der Waals surface area contributed by atoms with Gasteiger partial charge in [-0.15, -0.1) is 0 Å². The second-order valence-corrected chi connectivity index (χ2v) is 17.1. The summed E-state index contributed by atoms with van der Waals surface area (Å²) < 4.78 is 16.7. The second kappa shape index (κ2) is 52.7. The number of carbonyl (C=O) groups excluding carboxylic acids is 3. The summed E-state index contributed by atoms with van der Waals surface area (Å²) >= 11 is 0. The van der Waals surface area contributed by atoms with Crippen LogP contribution < -0.4 is 0 Å². The average Bonchev–Trinajstić information content (AvgIpc) is 3.30. The van der Waals surface area contributed by atoms with Gasteiger partial charge in [0, 0.05) is 19.3 Å². The van der Waals surface area contributed by atoms with Crippen molar-refractivity contribution in [1.82, 2.24) is 0 Å². The first-order valence-corrected chi connectivity index (χ1v) is 26.4. The molecule has 0 aliphatic rings. The maximum atomic E-state index is 12.8. The molecule has 368 valence electrons. The third kappa shape index (κ3) is 50.9. The number of allylic oxidation sites excluding steroid dienone is 18. The van der Waals surface area contributed by atoms with Crippen LogP contribution in [0.5, 0.6) is 0 Å². The van der Waals surface area contributed by atoms with E-state index in [1.807, 2.05) is 0 Å². The highest BCUT2D eigenvalue weighted by Crippen LogP contribution is 2.13. The van der Waals surface area contributed by atoms with Crippen molar-refractivity contribution >= 4 is 17.9 Å². The van der Waals surface area contributed by atoms with Crippen LogP contribution in [0.3, 0.4) is 0 Å². The maximum Gasteiger partial charge on any atom is 0.306 e. The van der Waals surface area contributed by atoms with Crippen LogP contribution in [0.1, 0.15) is 226 Å². The number of esters is 3. The highest BCUT2D eigenvalue weighted by Gasteiger charge is 2.19. The molecular formula is C59H96O6. The SMILES string of the molecule is CC/C=C\C/C=C\C/C=C\CCCCCCCCCCCC(=O)OCC(COC(=O)CCCCC/C=C\C=C/CCCC)OC(=O)CCC/C=C\C/C=C\C/C=C\C/C=C\CCCCC. The highest BCUT2D eigenvalue weighted by atomic mass is 16.6. The van der Waals surface area contributed by atoms with E-state index in [2.05, 4.69) is 130 Å². The number of ether oxygens (including phenoxy) is 3. The molecule has 6 nitrogen and oxygen atoms in total. The van der Waals surface area contributed by atoms with Crippen molar-refractivity contribution in [2.75, 3.05) is 13.2 Å². The molecule has 0 aromatic heterocycles. The van der Waals surface area contributed by atoms with E-state index in [0.29, 0.717) is 19.3 Å². The van der Waals surface area contributed by atoms with Gasteiger partial charge in [0.2, 0.25) is 0 Å². The van der Waals surface area contributed by atoms with Gasteiger partial charge >= 0.3 is 17.9 Å². The van der Waals surface area contributed by atoms with Gasteiger partial charge in [-0.05, 0) is 109 Å². The molecule has 0 bridgehead atoms. The highest BCUT2D eigenvalue weighted by molar-refractivity contribution is 5.71. The Bertz CT molecular complexity index is 1360. The zero-order valence-corrected chi connectivity index (χ0v) is 42.0. The quantitative estimate of drug-likeness (QED) is 0.0199. The Morgan fingerprint density at radius 2 is 0.677 bits per heavy atom. The van der Waals surface area contributed by atoms with Crippen molar-refractivity contribution in [3.63, 3.8) is 0 Å². The molecule has 0 aromatic rings. The van der Waals surface area contributed by atoms with Crippen molar-refractivity contribution in [3.05, 3.63) is 109 Å². The summed E-state index contributed by atoms with van der Waals surface area (Å²) in [6, 6.07) is 0. The summed E-state index contributed by atoms with van der Waals surface area (Å²) in [5, 5.41) is 0. The zero-order valence-electron chi connectivity index (χ0n) is 42.0. The number of hydrogen-bond donors (Lipinski definition) is 0. The Kier molecular flexibility index (Phi) is 49.5. The molecule has 0 heterocycles. The maximum absolute atomic E-state index is 12.8. The van der Waals surface area contributed by atoms with Gasteiger partial charge < -0.3 is 14.2 Å². The lowest BCUT2D eigenvalue weighted by Crippen LogP contribution is -2.30. The Hall–Kier alpha value is -3.93. The Labute approximate surface area is 400 Å². The number of carbonyl (C=O) groups is 3. The molecule has 0 aromatic carbocycles. The van der Waals surface area contributed by atoms with E-state index in [1.54, 1.807) is 0 Å². The Balaban J connectivity index is 4.48. The molecule has 0 fully saturated rings. The molecule has 0 spiro atoms. The van der Waals surface area contributed by atoms with Crippen LogP contribution in [0.25, 0.3) is 0 Å². The lowest BCUT2D eigenvalue weighted by atomic mass is 10.1. The minimum atomic E-state index is -0.821. The fraction of sp³-hybridized carbons (Fsp3) is 0.644. The van der Waals surface area contributed by atoms with Crippen LogP contribution in [0.2, 0.25) is 0 Å². The summed E-state index contributed by atoms with van der Waals surface area (Å²) in [6.07, 6.45) is 70.8. The van der Waals surface area contributed by atoms with Gasteiger partial charge in [0.05, 0.1) is 0 Å². The van der Waals surface area contributed by atoms with E-state index in [-0.39, 0.29) is 37.5 Å². The molecule has 65 heavy (non-hydrogen) atoms. The predicted octanol–water partition coefficient (Wildman–Crippen LogP) is 17.5. The normalized spacial score (nSPS) is 13.0. The van der Waals surface area contributed by atoms with Crippen LogP contribution in [0, 0.1) is 0 Å². The van der Waals surface area contributed by atoms with E-state index < -0.39 is 6.10 Å². The fourth-order valence-electron chi connectivity index (χ4n) is 6.78. The summed E-state index contributed by atoms with van der Waals surface area (Å²) in [6.45, 7) is 6.36. The minimum Gasteiger partial charge on any atom is -0.462 e. The molecular weight excluding hydrogens is 805 g/mol. The van der Waals surface area contributed by atoms with E-state index in [0.717, 1.165) is 103 Å². The number of unbranched alkanes of at least 4 members (excludes halogenated alkanes) is 18. The molecule has 0 rings (SSSR count). The van der Waals surface area contributed by atoms with Crippen LogP contribution in [-0.4, -0.2) is 37.2 Å². The first-order valence-electron chi connectivity index (χ1n) is 26.4. The third-order valence-electron chi connectivity index (χ3n) is 10.8. The summed E-state index contributed by atoms with van der Waals surface area (Å²) in [5.41, 5.74) is 0. The van der Waals surface area contributed by atoms with Gasteiger partial charge in [0.25, 0.3) is 0 Å². The first kappa shape index (κ1) is 61.1. The third-order valence-corrected chi connectivity index (χ3v) is 10.8. The smallest absolute Gasteiger partial charge is 0.306 e. The molecule has 1 unspecified atom stereocenters. The zero-order chi connectivity index (χ0) is 47.2. The first-order chi connectivity index (χ1) is 32.0. The molecule has 0 aliphatic heterocycles. The summed E-state index contributed by atoms with van der Waals surface area (Å²) in [7, 11) is 0. The molecule has 0 aliphatic carbocycles. The summed E-state index contributed by atoms with van der Waals surface area (Å²) in [5.74, 6) is -1.01. The van der Waals surface area contributed by atoms with Crippen LogP contribution in [0.4, 0.5) is 0 Å². The Morgan fingerprint density at radius 1 is 0.338 bits per heavy atom. The molecule has 0 radical (unpaired) electrons. The van der Waals surface area contributed by atoms with Crippen LogP contribution >= 0.6 is 0 Å². The monoisotopic (exact) mass is 901 g/mol. The van der Waals surface area contributed by atoms with E-state index in [4.69, 9.17) is 14.2 Å². The fourth-order valence-corrected chi connectivity index (χ4v) is 6.78. The molecule has 1 atom stereocenters. The lowest BCUT2D eigenvalue weighted by Gasteiger charge is -2.18.